The summed E-state index contributed by atoms with van der Waals surface area (Å²) >= 11 is 0. The molecule has 3 rings (SSSR count). The molecule has 5 heteroatoms. The van der Waals surface area contributed by atoms with E-state index < -0.39 is 0 Å². The third kappa shape index (κ3) is 4.78. The van der Waals surface area contributed by atoms with E-state index in [2.05, 4.69) is 10.1 Å². The molecule has 0 amide bonds. The number of hydrogen-bond donors (Lipinski definition) is 0. The van der Waals surface area contributed by atoms with E-state index in [1.54, 1.807) is 0 Å². The Morgan fingerprint density at radius 1 is 1.22 bits per heavy atom. The number of ether oxygens (including phenoxy) is 2. The van der Waals surface area contributed by atoms with Crippen LogP contribution in [0.3, 0.4) is 0 Å². The van der Waals surface area contributed by atoms with E-state index in [1.165, 1.54) is 38.8 Å². The molecule has 5 nitrogen and oxygen atoms in total. The maximum atomic E-state index is 6.08. The molecule has 1 unspecified atom stereocenters. The first-order chi connectivity index (χ1) is 11.2. The molecule has 1 aromatic heterocycles. The second-order valence-corrected chi connectivity index (χ2v) is 7.02. The van der Waals surface area contributed by atoms with Crippen LogP contribution in [0.1, 0.15) is 49.1 Å². The maximum absolute atomic E-state index is 6.08. The zero-order valence-corrected chi connectivity index (χ0v) is 14.6. The van der Waals surface area contributed by atoms with Crippen LogP contribution >= 0.6 is 0 Å². The zero-order chi connectivity index (χ0) is 16.1. The van der Waals surface area contributed by atoms with Crippen molar-refractivity contribution in [2.24, 2.45) is 5.92 Å². The van der Waals surface area contributed by atoms with E-state index in [9.17, 15) is 0 Å². The third-order valence-electron chi connectivity index (χ3n) is 5.30. The van der Waals surface area contributed by atoms with Gasteiger partial charge in [0.2, 0.25) is 0 Å². The van der Waals surface area contributed by atoms with Crippen molar-refractivity contribution in [3.05, 3.63) is 17.0 Å². The number of nitrogens with zero attached hydrogens (tertiary/aromatic N) is 2. The number of aromatic nitrogens is 1. The third-order valence-corrected chi connectivity index (χ3v) is 5.30. The van der Waals surface area contributed by atoms with Gasteiger partial charge in [-0.05, 0) is 58.4 Å². The fourth-order valence-electron chi connectivity index (χ4n) is 3.68. The molecule has 0 spiro atoms. The summed E-state index contributed by atoms with van der Waals surface area (Å²) in [7, 11) is 0. The number of hydrogen-bond acceptors (Lipinski definition) is 5. The normalized spacial score (nSPS) is 23.7. The largest absolute Gasteiger partial charge is 0.381 e. The van der Waals surface area contributed by atoms with Gasteiger partial charge in [-0.3, -0.25) is 0 Å². The highest BCUT2D eigenvalue weighted by Crippen LogP contribution is 2.22. The van der Waals surface area contributed by atoms with Crippen molar-refractivity contribution in [2.45, 2.75) is 58.7 Å². The summed E-state index contributed by atoms with van der Waals surface area (Å²) in [6.45, 7) is 9.93. The second kappa shape index (κ2) is 8.27. The highest BCUT2D eigenvalue weighted by atomic mass is 16.5. The Labute approximate surface area is 139 Å². The molecule has 2 saturated heterocycles. The highest BCUT2D eigenvalue weighted by molar-refractivity contribution is 5.19. The molecule has 0 radical (unpaired) electrons. The minimum atomic E-state index is 0.354. The Balaban J connectivity index is 1.32. The standard InChI is InChI=1S/C18H30N2O3/c1-14-18(15(2)23-19-14)13-22-17-5-9-20(12-17)8-3-4-16-6-10-21-11-7-16/h16-17H,3-13H2,1-2H3. The van der Waals surface area contributed by atoms with Gasteiger partial charge < -0.3 is 18.9 Å². The minimum Gasteiger partial charge on any atom is -0.381 e. The lowest BCUT2D eigenvalue weighted by molar-refractivity contribution is 0.0449. The van der Waals surface area contributed by atoms with Gasteiger partial charge in [0.15, 0.2) is 0 Å². The predicted octanol–water partition coefficient (Wildman–Crippen LogP) is 3.09. The van der Waals surface area contributed by atoms with E-state index in [1.807, 2.05) is 13.8 Å². The van der Waals surface area contributed by atoms with Gasteiger partial charge >= 0.3 is 0 Å². The van der Waals surface area contributed by atoms with Crippen LogP contribution in [0.25, 0.3) is 0 Å². The molecular formula is C18H30N2O3. The van der Waals surface area contributed by atoms with Crippen LogP contribution in [0, 0.1) is 19.8 Å². The van der Waals surface area contributed by atoms with E-state index in [-0.39, 0.29) is 0 Å². The number of likely N-dealkylation sites (tertiary alicyclic amines) is 1. The minimum absolute atomic E-state index is 0.354. The van der Waals surface area contributed by atoms with Gasteiger partial charge in [0.05, 0.1) is 18.4 Å². The lowest BCUT2D eigenvalue weighted by atomic mass is 9.95. The summed E-state index contributed by atoms with van der Waals surface area (Å²) in [6, 6.07) is 0. The molecule has 2 aliphatic rings. The monoisotopic (exact) mass is 322 g/mol. The molecule has 0 N–H and O–H groups in total. The van der Waals surface area contributed by atoms with E-state index >= 15 is 0 Å². The fraction of sp³-hybridized carbons (Fsp3) is 0.833. The van der Waals surface area contributed by atoms with Gasteiger partial charge in [-0.1, -0.05) is 5.16 Å². The predicted molar refractivity (Wildman–Crippen MR) is 88.4 cm³/mol. The Kier molecular flexibility index (Phi) is 6.08. The molecule has 3 heterocycles. The molecule has 130 valence electrons. The quantitative estimate of drug-likeness (QED) is 0.772. The molecule has 2 aliphatic heterocycles. The first-order valence-electron chi connectivity index (χ1n) is 9.06. The first-order valence-corrected chi connectivity index (χ1v) is 9.06. The van der Waals surface area contributed by atoms with E-state index in [4.69, 9.17) is 14.0 Å². The van der Waals surface area contributed by atoms with Gasteiger partial charge in [-0.25, -0.2) is 0 Å². The van der Waals surface area contributed by atoms with Gasteiger partial charge in [-0.15, -0.1) is 0 Å². The Morgan fingerprint density at radius 3 is 2.78 bits per heavy atom. The van der Waals surface area contributed by atoms with Gasteiger partial charge in [0, 0.05) is 31.9 Å². The topological polar surface area (TPSA) is 47.7 Å². The Bertz CT molecular complexity index is 463. The molecule has 0 saturated carbocycles. The van der Waals surface area contributed by atoms with Crippen molar-refractivity contribution >= 4 is 0 Å². The maximum Gasteiger partial charge on any atom is 0.139 e. The summed E-state index contributed by atoms with van der Waals surface area (Å²) in [5.41, 5.74) is 2.07. The fourth-order valence-corrected chi connectivity index (χ4v) is 3.68. The van der Waals surface area contributed by atoms with Crippen molar-refractivity contribution in [3.63, 3.8) is 0 Å². The van der Waals surface area contributed by atoms with Crippen molar-refractivity contribution in [2.75, 3.05) is 32.8 Å². The molecule has 1 aromatic rings. The molecule has 0 bridgehead atoms. The number of aryl methyl sites for hydroxylation is 2. The van der Waals surface area contributed by atoms with Gasteiger partial charge in [0.1, 0.15) is 5.76 Å². The summed E-state index contributed by atoms with van der Waals surface area (Å²) in [5, 5.41) is 3.99. The molecule has 23 heavy (non-hydrogen) atoms. The summed E-state index contributed by atoms with van der Waals surface area (Å²) in [6.07, 6.45) is 6.66. The SMILES string of the molecule is Cc1noc(C)c1COC1CCN(CCCC2CCOCC2)C1. The Hall–Kier alpha value is -0.910. The van der Waals surface area contributed by atoms with Crippen LogP contribution in [-0.2, 0) is 16.1 Å². The van der Waals surface area contributed by atoms with E-state index in [0.717, 1.165) is 49.1 Å². The molecule has 1 atom stereocenters. The average Bonchev–Trinajstić information content (AvgIpc) is 3.14. The summed E-state index contributed by atoms with van der Waals surface area (Å²) < 4.78 is 16.7. The molecule has 0 aliphatic carbocycles. The second-order valence-electron chi connectivity index (χ2n) is 7.02. The lowest BCUT2D eigenvalue weighted by Gasteiger charge is -2.23. The van der Waals surface area contributed by atoms with Crippen LogP contribution in [0.4, 0.5) is 0 Å². The smallest absolute Gasteiger partial charge is 0.139 e. The average molecular weight is 322 g/mol. The lowest BCUT2D eigenvalue weighted by Crippen LogP contribution is -2.25. The van der Waals surface area contributed by atoms with E-state index in [0.29, 0.717) is 12.7 Å². The van der Waals surface area contributed by atoms with Crippen molar-refractivity contribution < 1.29 is 14.0 Å². The van der Waals surface area contributed by atoms with Crippen LogP contribution in [0.2, 0.25) is 0 Å². The molecule has 0 aromatic carbocycles. The van der Waals surface area contributed by atoms with Gasteiger partial charge in [-0.2, -0.15) is 0 Å². The Morgan fingerprint density at radius 2 is 2.04 bits per heavy atom. The van der Waals surface area contributed by atoms with Crippen molar-refractivity contribution in [1.29, 1.82) is 0 Å². The van der Waals surface area contributed by atoms with Gasteiger partial charge in [0.25, 0.3) is 0 Å². The molecular weight excluding hydrogens is 292 g/mol. The van der Waals surface area contributed by atoms with Crippen LogP contribution in [0.15, 0.2) is 4.52 Å². The molecule has 2 fully saturated rings. The first kappa shape index (κ1) is 16.9. The zero-order valence-electron chi connectivity index (χ0n) is 14.6. The summed E-state index contributed by atoms with van der Waals surface area (Å²) in [4.78, 5) is 2.55. The van der Waals surface area contributed by atoms with Crippen molar-refractivity contribution in [1.82, 2.24) is 10.1 Å². The number of rotatable bonds is 7. The highest BCUT2D eigenvalue weighted by Gasteiger charge is 2.24. The van der Waals surface area contributed by atoms with Crippen LogP contribution in [0.5, 0.6) is 0 Å². The van der Waals surface area contributed by atoms with Crippen LogP contribution < -0.4 is 0 Å². The summed E-state index contributed by atoms with van der Waals surface area (Å²) in [5.74, 6) is 1.77. The van der Waals surface area contributed by atoms with Crippen molar-refractivity contribution in [3.8, 4) is 0 Å². The van der Waals surface area contributed by atoms with Crippen LogP contribution in [-0.4, -0.2) is 49.0 Å².